The van der Waals surface area contributed by atoms with Crippen LogP contribution in [0.25, 0.3) is 0 Å². The minimum atomic E-state index is 0.201. The number of benzene rings is 1. The van der Waals surface area contributed by atoms with Crippen LogP contribution in [0.1, 0.15) is 23.7 Å². The van der Waals surface area contributed by atoms with Gasteiger partial charge in [-0.1, -0.05) is 60.7 Å². The largest absolute Gasteiger partial charge is 0.370 e. The Hall–Kier alpha value is -2.92. The molecule has 2 unspecified atom stereocenters. The zero-order valence-corrected chi connectivity index (χ0v) is 15.3. The lowest BCUT2D eigenvalue weighted by molar-refractivity contribution is 0.133. The topological polar surface area (TPSA) is 50.3 Å². The molecule has 1 aromatic carbocycles. The van der Waals surface area contributed by atoms with E-state index in [1.165, 1.54) is 11.1 Å². The maximum absolute atomic E-state index is 5.66. The molecule has 2 aromatic rings. The summed E-state index contributed by atoms with van der Waals surface area (Å²) in [5.74, 6) is 1.64. The van der Waals surface area contributed by atoms with Crippen LogP contribution >= 0.6 is 0 Å². The highest BCUT2D eigenvalue weighted by atomic mass is 16.5. The molecule has 1 aliphatic carbocycles. The molecular formula is C22H22N4O. The first-order valence-corrected chi connectivity index (χ1v) is 9.40. The van der Waals surface area contributed by atoms with Gasteiger partial charge in [0.15, 0.2) is 0 Å². The average Bonchev–Trinajstić information content (AvgIpc) is 3.30. The Morgan fingerprint density at radius 3 is 2.93 bits per heavy atom. The summed E-state index contributed by atoms with van der Waals surface area (Å²) in [6, 6.07) is 10.8. The maximum atomic E-state index is 5.66. The summed E-state index contributed by atoms with van der Waals surface area (Å²) in [6.07, 6.45) is 10.8. The molecule has 0 bridgehead atoms. The van der Waals surface area contributed by atoms with E-state index in [0.717, 1.165) is 29.6 Å². The van der Waals surface area contributed by atoms with Crippen molar-refractivity contribution >= 4 is 11.8 Å². The Labute approximate surface area is 159 Å². The van der Waals surface area contributed by atoms with E-state index in [2.05, 4.69) is 71.8 Å². The molecule has 3 aliphatic rings. The summed E-state index contributed by atoms with van der Waals surface area (Å²) in [5.41, 5.74) is 4.61. The number of nitrogens with one attached hydrogen (secondary N) is 1. The number of anilines is 2. The first-order valence-electron chi connectivity index (χ1n) is 9.40. The number of ether oxygens (including phenoxy) is 1. The zero-order chi connectivity index (χ0) is 18.2. The normalized spacial score (nSPS) is 22.6. The predicted octanol–water partition coefficient (Wildman–Crippen LogP) is 3.75. The monoisotopic (exact) mass is 358 g/mol. The Bertz CT molecular complexity index is 948. The van der Waals surface area contributed by atoms with Crippen molar-refractivity contribution in [2.24, 2.45) is 0 Å². The highest BCUT2D eigenvalue weighted by Crippen LogP contribution is 2.34. The number of allylic oxidation sites excluding steroid dienone is 2. The molecule has 2 aliphatic heterocycles. The van der Waals surface area contributed by atoms with Gasteiger partial charge in [0.1, 0.15) is 5.82 Å². The van der Waals surface area contributed by atoms with Crippen LogP contribution in [0.15, 0.2) is 66.3 Å². The maximum Gasteiger partial charge on any atom is 0.228 e. The Morgan fingerprint density at radius 1 is 1.15 bits per heavy atom. The molecular weight excluding hydrogens is 336 g/mol. The second kappa shape index (κ2) is 6.67. The van der Waals surface area contributed by atoms with Gasteiger partial charge in [-0.05, 0) is 18.1 Å². The number of nitrogens with zero attached hydrogens (tertiary/aromatic N) is 3. The standard InChI is InChI=1S/C22H22N4O/c1-15-11-17-9-5-6-10-20(17)26(15)22-24-19-14-27-13-18(19)21(25-22)23-12-16-7-3-2-4-8-16/h2-11,15,20H,12-14H2,1H3,(H,23,24,25). The molecule has 0 amide bonds. The third-order valence-corrected chi connectivity index (χ3v) is 5.31. The molecule has 136 valence electrons. The summed E-state index contributed by atoms with van der Waals surface area (Å²) >= 11 is 0. The fourth-order valence-electron chi connectivity index (χ4n) is 3.95. The summed E-state index contributed by atoms with van der Waals surface area (Å²) in [4.78, 5) is 12.0. The van der Waals surface area contributed by atoms with Crippen LogP contribution in [-0.2, 0) is 24.5 Å². The average molecular weight is 358 g/mol. The third-order valence-electron chi connectivity index (χ3n) is 5.31. The van der Waals surface area contributed by atoms with Crippen LogP contribution in [0.2, 0.25) is 0 Å². The van der Waals surface area contributed by atoms with Gasteiger partial charge in [-0.3, -0.25) is 0 Å². The van der Waals surface area contributed by atoms with Crippen molar-refractivity contribution in [3.8, 4) is 0 Å². The fourth-order valence-corrected chi connectivity index (χ4v) is 3.95. The fraction of sp³-hybridized carbons (Fsp3) is 0.273. The van der Waals surface area contributed by atoms with Crippen LogP contribution < -0.4 is 10.2 Å². The van der Waals surface area contributed by atoms with Crippen LogP contribution in [0.4, 0.5) is 11.8 Å². The molecule has 5 rings (SSSR count). The number of rotatable bonds is 4. The molecule has 0 saturated carbocycles. The van der Waals surface area contributed by atoms with Crippen molar-refractivity contribution in [1.29, 1.82) is 0 Å². The number of hydrogen-bond donors (Lipinski definition) is 1. The van der Waals surface area contributed by atoms with E-state index < -0.39 is 0 Å². The van der Waals surface area contributed by atoms with E-state index in [1.807, 2.05) is 6.07 Å². The minimum Gasteiger partial charge on any atom is -0.370 e. The first kappa shape index (κ1) is 16.3. The molecule has 5 nitrogen and oxygen atoms in total. The van der Waals surface area contributed by atoms with Crippen LogP contribution in [0, 0.1) is 0 Å². The zero-order valence-electron chi connectivity index (χ0n) is 15.3. The van der Waals surface area contributed by atoms with Gasteiger partial charge in [0.05, 0.1) is 24.9 Å². The summed E-state index contributed by atoms with van der Waals surface area (Å²) in [7, 11) is 0. The second-order valence-corrected chi connectivity index (χ2v) is 7.13. The van der Waals surface area contributed by atoms with Gasteiger partial charge in [0, 0.05) is 18.2 Å². The van der Waals surface area contributed by atoms with Crippen molar-refractivity contribution in [2.45, 2.75) is 38.8 Å². The molecule has 3 heterocycles. The van der Waals surface area contributed by atoms with E-state index in [4.69, 9.17) is 14.7 Å². The Balaban J connectivity index is 1.47. The third kappa shape index (κ3) is 2.94. The molecule has 27 heavy (non-hydrogen) atoms. The van der Waals surface area contributed by atoms with Gasteiger partial charge in [0.25, 0.3) is 0 Å². The van der Waals surface area contributed by atoms with E-state index in [9.17, 15) is 0 Å². The molecule has 0 fully saturated rings. The van der Waals surface area contributed by atoms with E-state index >= 15 is 0 Å². The first-order chi connectivity index (χ1) is 13.3. The molecule has 0 saturated heterocycles. The predicted molar refractivity (Wildman–Crippen MR) is 106 cm³/mol. The van der Waals surface area contributed by atoms with Gasteiger partial charge in [0.2, 0.25) is 5.95 Å². The Kier molecular flexibility index (Phi) is 4.02. The molecule has 0 radical (unpaired) electrons. The molecule has 1 aromatic heterocycles. The number of fused-ring (bicyclic) bond motifs is 2. The smallest absolute Gasteiger partial charge is 0.228 e. The summed E-state index contributed by atoms with van der Waals surface area (Å²) in [5, 5.41) is 3.51. The van der Waals surface area contributed by atoms with Gasteiger partial charge < -0.3 is 15.0 Å². The number of aromatic nitrogens is 2. The lowest BCUT2D eigenvalue weighted by atomic mass is 10.0. The quantitative estimate of drug-likeness (QED) is 0.902. The lowest BCUT2D eigenvalue weighted by Gasteiger charge is -2.29. The SMILES string of the molecule is CC1C=C2C=CC=CC2N1c1nc2c(c(NCc3ccccc3)n1)COC2. The minimum absolute atomic E-state index is 0.201. The van der Waals surface area contributed by atoms with Crippen LogP contribution in [0.5, 0.6) is 0 Å². The van der Waals surface area contributed by atoms with Gasteiger partial charge in [-0.2, -0.15) is 4.98 Å². The van der Waals surface area contributed by atoms with Gasteiger partial charge >= 0.3 is 0 Å². The van der Waals surface area contributed by atoms with Gasteiger partial charge in [-0.25, -0.2) is 4.98 Å². The lowest BCUT2D eigenvalue weighted by Crippen LogP contribution is -2.37. The van der Waals surface area contributed by atoms with Crippen molar-refractivity contribution in [3.63, 3.8) is 0 Å². The molecule has 0 spiro atoms. The molecule has 2 atom stereocenters. The highest BCUT2D eigenvalue weighted by molar-refractivity contribution is 5.58. The number of hydrogen-bond acceptors (Lipinski definition) is 5. The summed E-state index contributed by atoms with van der Waals surface area (Å²) in [6.45, 7) is 4.04. The van der Waals surface area contributed by atoms with Crippen molar-refractivity contribution in [2.75, 3.05) is 10.2 Å². The van der Waals surface area contributed by atoms with Crippen molar-refractivity contribution in [1.82, 2.24) is 9.97 Å². The van der Waals surface area contributed by atoms with Crippen molar-refractivity contribution < 1.29 is 4.74 Å². The van der Waals surface area contributed by atoms with E-state index in [-0.39, 0.29) is 12.1 Å². The second-order valence-electron chi connectivity index (χ2n) is 7.13. The van der Waals surface area contributed by atoms with Crippen molar-refractivity contribution in [3.05, 3.63) is 83.1 Å². The molecule has 5 heteroatoms. The Morgan fingerprint density at radius 2 is 2.04 bits per heavy atom. The highest BCUT2D eigenvalue weighted by Gasteiger charge is 2.33. The van der Waals surface area contributed by atoms with Crippen LogP contribution in [0.3, 0.4) is 0 Å². The summed E-state index contributed by atoms with van der Waals surface area (Å²) < 4.78 is 5.66. The van der Waals surface area contributed by atoms with E-state index in [0.29, 0.717) is 13.2 Å². The van der Waals surface area contributed by atoms with E-state index in [1.54, 1.807) is 0 Å². The van der Waals surface area contributed by atoms with Gasteiger partial charge in [-0.15, -0.1) is 0 Å². The molecule has 1 N–H and O–H groups in total. The van der Waals surface area contributed by atoms with Crippen LogP contribution in [-0.4, -0.2) is 22.1 Å².